The molecule has 0 aliphatic carbocycles. The van der Waals surface area contributed by atoms with E-state index in [4.69, 9.17) is 21.4 Å². The van der Waals surface area contributed by atoms with Crippen LogP contribution in [-0.2, 0) is 6.61 Å². The van der Waals surface area contributed by atoms with Gasteiger partial charge in [0, 0.05) is 23.7 Å². The predicted molar refractivity (Wildman–Crippen MR) is 78.6 cm³/mol. The van der Waals surface area contributed by atoms with E-state index in [1.165, 1.54) is 12.3 Å². The highest BCUT2D eigenvalue weighted by Crippen LogP contribution is 2.21. The molecule has 0 saturated carbocycles. The monoisotopic (exact) mass is 305 g/mol. The summed E-state index contributed by atoms with van der Waals surface area (Å²) >= 11 is 5.93. The van der Waals surface area contributed by atoms with Crippen molar-refractivity contribution >= 4 is 11.6 Å². The number of hydrogen-bond donors (Lipinski definition) is 1. The van der Waals surface area contributed by atoms with Crippen LogP contribution < -0.4 is 4.74 Å². The van der Waals surface area contributed by atoms with E-state index in [1.54, 1.807) is 24.4 Å². The third kappa shape index (κ3) is 4.45. The van der Waals surface area contributed by atoms with Crippen molar-refractivity contribution < 1.29 is 14.2 Å². The van der Waals surface area contributed by atoms with Crippen LogP contribution in [0.3, 0.4) is 0 Å². The Morgan fingerprint density at radius 2 is 2.19 bits per heavy atom. The lowest BCUT2D eigenvalue weighted by molar-refractivity contribution is 0.298. The van der Waals surface area contributed by atoms with Crippen LogP contribution in [0.1, 0.15) is 17.5 Å². The second-order valence-corrected chi connectivity index (χ2v) is 4.58. The van der Waals surface area contributed by atoms with Crippen LogP contribution in [0.4, 0.5) is 4.39 Å². The van der Waals surface area contributed by atoms with E-state index in [0.29, 0.717) is 28.3 Å². The number of aliphatic hydroxyl groups is 1. The Morgan fingerprint density at radius 1 is 1.33 bits per heavy atom. The van der Waals surface area contributed by atoms with Gasteiger partial charge in [0.1, 0.15) is 18.2 Å². The van der Waals surface area contributed by atoms with Crippen LogP contribution in [0.5, 0.6) is 5.75 Å². The molecule has 2 rings (SSSR count). The molecule has 0 bridgehead atoms. The third-order valence-corrected chi connectivity index (χ3v) is 2.98. The second kappa shape index (κ2) is 7.63. The fourth-order valence-electron chi connectivity index (χ4n) is 1.61. The van der Waals surface area contributed by atoms with Crippen LogP contribution in [-0.4, -0.2) is 16.7 Å². The van der Waals surface area contributed by atoms with E-state index in [0.717, 1.165) is 0 Å². The minimum absolute atomic E-state index is 0.0146. The normalized spacial score (nSPS) is 9.86. The molecule has 0 unspecified atom stereocenters. The summed E-state index contributed by atoms with van der Waals surface area (Å²) in [5.41, 5.74) is 0.969. The molecule has 1 aromatic heterocycles. The predicted octanol–water partition coefficient (Wildman–Crippen LogP) is 3.19. The molecule has 2 aromatic rings. The van der Waals surface area contributed by atoms with Gasteiger partial charge in [-0.1, -0.05) is 29.5 Å². The molecular formula is C16H13ClFNO2. The fourth-order valence-corrected chi connectivity index (χ4v) is 1.83. The van der Waals surface area contributed by atoms with Crippen molar-refractivity contribution in [2.45, 2.75) is 13.0 Å². The van der Waals surface area contributed by atoms with Gasteiger partial charge in [-0.2, -0.15) is 0 Å². The van der Waals surface area contributed by atoms with Gasteiger partial charge in [0.25, 0.3) is 0 Å². The fraction of sp³-hybridized carbons (Fsp3) is 0.188. The molecule has 21 heavy (non-hydrogen) atoms. The smallest absolute Gasteiger partial charge is 0.139 e. The topological polar surface area (TPSA) is 42.4 Å². The Hall–Kier alpha value is -2.09. The van der Waals surface area contributed by atoms with Crippen molar-refractivity contribution in [3.05, 3.63) is 58.6 Å². The highest BCUT2D eigenvalue weighted by molar-refractivity contribution is 6.31. The molecule has 0 radical (unpaired) electrons. The average Bonchev–Trinajstić information content (AvgIpc) is 2.47. The third-order valence-electron chi connectivity index (χ3n) is 2.63. The maximum absolute atomic E-state index is 13.6. The number of aromatic nitrogens is 1. The second-order valence-electron chi connectivity index (χ2n) is 4.17. The Bertz CT molecular complexity index is 659. The molecule has 0 saturated heterocycles. The number of hydrogen-bond acceptors (Lipinski definition) is 3. The highest BCUT2D eigenvalue weighted by atomic mass is 35.5. The van der Waals surface area contributed by atoms with Crippen molar-refractivity contribution in [2.24, 2.45) is 0 Å². The number of halogens is 2. The first-order chi connectivity index (χ1) is 10.2. The van der Waals surface area contributed by atoms with Crippen LogP contribution in [0.15, 0.2) is 36.7 Å². The van der Waals surface area contributed by atoms with Crippen molar-refractivity contribution in [2.75, 3.05) is 6.61 Å². The molecule has 0 aliphatic heterocycles. The van der Waals surface area contributed by atoms with E-state index in [2.05, 4.69) is 16.8 Å². The minimum atomic E-state index is -0.408. The van der Waals surface area contributed by atoms with Gasteiger partial charge in [-0.25, -0.2) is 4.39 Å². The van der Waals surface area contributed by atoms with Crippen molar-refractivity contribution in [1.29, 1.82) is 0 Å². The van der Waals surface area contributed by atoms with Gasteiger partial charge in [-0.05, 0) is 18.2 Å². The van der Waals surface area contributed by atoms with E-state index < -0.39 is 5.82 Å². The van der Waals surface area contributed by atoms with Crippen molar-refractivity contribution in [1.82, 2.24) is 4.98 Å². The van der Waals surface area contributed by atoms with Gasteiger partial charge in [0.2, 0.25) is 0 Å². The lowest BCUT2D eigenvalue weighted by Crippen LogP contribution is -2.00. The number of nitrogens with zero attached hydrogens (tertiary/aromatic N) is 1. The van der Waals surface area contributed by atoms with Crippen molar-refractivity contribution in [3.63, 3.8) is 0 Å². The van der Waals surface area contributed by atoms with Crippen LogP contribution in [0, 0.1) is 17.7 Å². The van der Waals surface area contributed by atoms with Gasteiger partial charge >= 0.3 is 0 Å². The van der Waals surface area contributed by atoms with Gasteiger partial charge in [0.15, 0.2) is 0 Å². The SMILES string of the molecule is OCCC#Cc1cncc(OCc2c(F)cccc2Cl)c1. The van der Waals surface area contributed by atoms with Crippen LogP contribution in [0.25, 0.3) is 0 Å². The molecule has 0 amide bonds. The Morgan fingerprint density at radius 3 is 2.95 bits per heavy atom. The zero-order valence-electron chi connectivity index (χ0n) is 11.1. The van der Waals surface area contributed by atoms with Gasteiger partial charge in [-0.3, -0.25) is 4.98 Å². The average molecular weight is 306 g/mol. The molecule has 1 N–H and O–H groups in total. The van der Waals surface area contributed by atoms with Gasteiger partial charge in [0.05, 0.1) is 17.8 Å². The summed E-state index contributed by atoms with van der Waals surface area (Å²) in [6.45, 7) is 0.0309. The first kappa shape index (κ1) is 15.3. The van der Waals surface area contributed by atoms with Crippen molar-refractivity contribution in [3.8, 4) is 17.6 Å². The minimum Gasteiger partial charge on any atom is -0.487 e. The molecule has 108 valence electrons. The Balaban J connectivity index is 2.07. The van der Waals surface area contributed by atoms with Crippen LogP contribution in [0.2, 0.25) is 5.02 Å². The van der Waals surface area contributed by atoms with E-state index in [-0.39, 0.29) is 13.2 Å². The summed E-state index contributed by atoms with van der Waals surface area (Å²) < 4.78 is 19.1. The lowest BCUT2D eigenvalue weighted by atomic mass is 10.2. The first-order valence-corrected chi connectivity index (χ1v) is 6.69. The van der Waals surface area contributed by atoms with E-state index >= 15 is 0 Å². The molecule has 0 spiro atoms. The summed E-state index contributed by atoms with van der Waals surface area (Å²) in [5.74, 6) is 5.72. The summed E-state index contributed by atoms with van der Waals surface area (Å²) in [7, 11) is 0. The molecule has 1 heterocycles. The quantitative estimate of drug-likeness (QED) is 0.882. The van der Waals surface area contributed by atoms with Gasteiger partial charge < -0.3 is 9.84 Å². The number of rotatable bonds is 4. The number of ether oxygens (including phenoxy) is 1. The van der Waals surface area contributed by atoms with Crippen LogP contribution >= 0.6 is 11.6 Å². The summed E-state index contributed by atoms with van der Waals surface area (Å²) in [6, 6.07) is 6.18. The van der Waals surface area contributed by atoms with E-state index in [9.17, 15) is 4.39 Å². The maximum atomic E-state index is 13.6. The molecule has 0 fully saturated rings. The van der Waals surface area contributed by atoms with E-state index in [1.807, 2.05) is 0 Å². The first-order valence-electron chi connectivity index (χ1n) is 6.31. The molecular weight excluding hydrogens is 293 g/mol. The maximum Gasteiger partial charge on any atom is 0.139 e. The zero-order valence-corrected chi connectivity index (χ0v) is 11.9. The zero-order chi connectivity index (χ0) is 15.1. The molecule has 5 heteroatoms. The number of pyridine rings is 1. The Kier molecular flexibility index (Phi) is 5.56. The molecule has 0 atom stereocenters. The summed E-state index contributed by atoms with van der Waals surface area (Å²) in [5, 5.41) is 8.99. The standard InChI is InChI=1S/C16H13ClFNO2/c17-15-5-3-6-16(18)14(15)11-21-13-8-12(9-19-10-13)4-1-2-7-20/h3,5-6,8-10,20H,2,7,11H2. The number of aliphatic hydroxyl groups excluding tert-OH is 1. The molecule has 0 aliphatic rings. The lowest BCUT2D eigenvalue weighted by Gasteiger charge is -2.08. The molecule has 3 nitrogen and oxygen atoms in total. The molecule has 1 aromatic carbocycles. The Labute approximate surface area is 127 Å². The largest absolute Gasteiger partial charge is 0.487 e. The number of benzene rings is 1. The highest BCUT2D eigenvalue weighted by Gasteiger charge is 2.07. The van der Waals surface area contributed by atoms with Gasteiger partial charge in [-0.15, -0.1) is 0 Å². The summed E-state index contributed by atoms with van der Waals surface area (Å²) in [4.78, 5) is 4.00. The summed E-state index contributed by atoms with van der Waals surface area (Å²) in [6.07, 6.45) is 3.51.